The van der Waals surface area contributed by atoms with E-state index in [1.807, 2.05) is 4.90 Å². The van der Waals surface area contributed by atoms with Gasteiger partial charge in [-0.15, -0.1) is 11.3 Å². The van der Waals surface area contributed by atoms with Gasteiger partial charge in [0.1, 0.15) is 17.0 Å². The van der Waals surface area contributed by atoms with E-state index >= 15 is 0 Å². The summed E-state index contributed by atoms with van der Waals surface area (Å²) in [6, 6.07) is 8.44. The lowest BCUT2D eigenvalue weighted by molar-refractivity contribution is -0.130. The van der Waals surface area contributed by atoms with Crippen LogP contribution in [0, 0.1) is 0 Å². The van der Waals surface area contributed by atoms with Gasteiger partial charge in [0.15, 0.2) is 9.84 Å². The Morgan fingerprint density at radius 1 is 1.06 bits per heavy atom. The number of thiophene rings is 1. The number of carbonyl (C=O) groups excluding carboxylic acids is 1. The van der Waals surface area contributed by atoms with E-state index in [1.54, 1.807) is 29.2 Å². The van der Waals surface area contributed by atoms with Gasteiger partial charge in [0.25, 0.3) is 0 Å². The number of aromatic nitrogens is 2. The Morgan fingerprint density at radius 2 is 1.72 bits per heavy atom. The van der Waals surface area contributed by atoms with Gasteiger partial charge in [-0.25, -0.2) is 18.4 Å². The lowest BCUT2D eigenvalue weighted by atomic mass is 10.1. The van der Waals surface area contributed by atoms with Crippen molar-refractivity contribution < 1.29 is 26.4 Å². The van der Waals surface area contributed by atoms with Crippen LogP contribution < -0.4 is 10.6 Å². The molecule has 0 bridgehead atoms. The molecule has 0 unspecified atom stereocenters. The minimum Gasteiger partial charge on any atom is -0.352 e. The summed E-state index contributed by atoms with van der Waals surface area (Å²) in [4.78, 5) is 25.7. The predicted molar refractivity (Wildman–Crippen MR) is 133 cm³/mol. The molecule has 2 N–H and O–H groups in total. The first-order valence-electron chi connectivity index (χ1n) is 11.3. The van der Waals surface area contributed by atoms with Crippen LogP contribution in [-0.4, -0.2) is 73.8 Å². The molecule has 1 saturated heterocycles. The number of anilines is 1. The first-order chi connectivity index (χ1) is 17.0. The van der Waals surface area contributed by atoms with Gasteiger partial charge in [0.05, 0.1) is 29.7 Å². The number of hydrogen-bond donors (Lipinski definition) is 1. The van der Waals surface area contributed by atoms with Crippen LogP contribution in [0.15, 0.2) is 36.7 Å². The summed E-state index contributed by atoms with van der Waals surface area (Å²) in [5.41, 5.74) is 6.77. The highest BCUT2D eigenvalue weighted by atomic mass is 32.2. The van der Waals surface area contributed by atoms with Crippen molar-refractivity contribution in [3.8, 4) is 0 Å². The molecule has 3 aromatic rings. The van der Waals surface area contributed by atoms with E-state index in [2.05, 4.69) is 9.97 Å². The zero-order valence-electron chi connectivity index (χ0n) is 19.4. The molecule has 1 amide bonds. The molecular formula is C23H26F3N5O3S2. The number of halogens is 3. The third-order valence-electron chi connectivity index (χ3n) is 5.86. The van der Waals surface area contributed by atoms with Crippen molar-refractivity contribution in [2.24, 2.45) is 5.73 Å². The van der Waals surface area contributed by atoms with Crippen LogP contribution in [0.5, 0.6) is 0 Å². The Labute approximate surface area is 210 Å². The SMILES string of the molecule is NCCS(=O)(=O)Cc1ccc(CC(=O)N2CCN(c3ncnc4sc(CC(F)(F)F)cc34)CC2)cc1. The summed E-state index contributed by atoms with van der Waals surface area (Å²) in [5, 5.41) is 0.593. The van der Waals surface area contributed by atoms with Crippen molar-refractivity contribution in [2.45, 2.75) is 24.8 Å². The minimum atomic E-state index is -4.29. The Morgan fingerprint density at radius 3 is 2.36 bits per heavy atom. The van der Waals surface area contributed by atoms with Gasteiger partial charge in [0.2, 0.25) is 5.91 Å². The van der Waals surface area contributed by atoms with E-state index in [4.69, 9.17) is 5.73 Å². The van der Waals surface area contributed by atoms with Gasteiger partial charge in [-0.2, -0.15) is 13.2 Å². The summed E-state index contributed by atoms with van der Waals surface area (Å²) >= 11 is 1.01. The average molecular weight is 542 g/mol. The van der Waals surface area contributed by atoms with Crippen LogP contribution in [0.2, 0.25) is 0 Å². The Bertz CT molecular complexity index is 1320. The summed E-state index contributed by atoms with van der Waals surface area (Å²) < 4.78 is 62.3. The fourth-order valence-electron chi connectivity index (χ4n) is 4.14. The maximum absolute atomic E-state index is 12.8. The van der Waals surface area contributed by atoms with Gasteiger partial charge in [-0.1, -0.05) is 24.3 Å². The summed E-state index contributed by atoms with van der Waals surface area (Å²) in [6.45, 7) is 2.00. The average Bonchev–Trinajstić information content (AvgIpc) is 3.21. The summed E-state index contributed by atoms with van der Waals surface area (Å²) in [7, 11) is -3.25. The number of hydrogen-bond acceptors (Lipinski definition) is 8. The highest BCUT2D eigenvalue weighted by molar-refractivity contribution is 7.90. The maximum Gasteiger partial charge on any atom is 0.393 e. The van der Waals surface area contributed by atoms with Gasteiger partial charge in [0, 0.05) is 37.6 Å². The summed E-state index contributed by atoms with van der Waals surface area (Å²) in [6.07, 6.45) is -3.74. The van der Waals surface area contributed by atoms with E-state index in [0.29, 0.717) is 47.8 Å². The highest BCUT2D eigenvalue weighted by Crippen LogP contribution is 2.34. The van der Waals surface area contributed by atoms with Gasteiger partial charge in [-0.3, -0.25) is 4.79 Å². The van der Waals surface area contributed by atoms with Crippen LogP contribution in [-0.2, 0) is 33.2 Å². The van der Waals surface area contributed by atoms with Crippen molar-refractivity contribution in [1.29, 1.82) is 0 Å². The first kappa shape index (κ1) is 26.3. The zero-order chi connectivity index (χ0) is 25.9. The molecule has 0 spiro atoms. The van der Waals surface area contributed by atoms with Crippen molar-refractivity contribution in [3.05, 3.63) is 52.7 Å². The molecule has 194 valence electrons. The van der Waals surface area contributed by atoms with E-state index in [0.717, 1.165) is 16.9 Å². The van der Waals surface area contributed by atoms with E-state index < -0.39 is 22.4 Å². The topological polar surface area (TPSA) is 109 Å². The normalized spacial score (nSPS) is 15.0. The first-order valence-corrected chi connectivity index (χ1v) is 14.0. The number of alkyl halides is 3. The number of sulfone groups is 1. The van der Waals surface area contributed by atoms with Crippen LogP contribution in [0.3, 0.4) is 0 Å². The highest BCUT2D eigenvalue weighted by Gasteiger charge is 2.30. The monoisotopic (exact) mass is 541 g/mol. The van der Waals surface area contributed by atoms with E-state index in [1.165, 1.54) is 12.4 Å². The second kappa shape index (κ2) is 10.7. The molecular weight excluding hydrogens is 515 g/mol. The minimum absolute atomic E-state index is 0.0472. The number of amides is 1. The standard InChI is InChI=1S/C23H26F3N5O3S2/c24-23(25,26)13-18-12-19-21(28-15-29-22(19)35-18)31-8-6-30(7-9-31)20(32)11-16-1-3-17(4-2-16)14-36(33,34)10-5-27/h1-4,12,15H,5-11,13-14,27H2. The number of carbonyl (C=O) groups is 1. The molecule has 4 rings (SSSR count). The second-order valence-corrected chi connectivity index (χ2v) is 12.0. The van der Waals surface area contributed by atoms with Crippen molar-refractivity contribution >= 4 is 43.1 Å². The molecule has 2 aromatic heterocycles. The summed E-state index contributed by atoms with van der Waals surface area (Å²) in [5.74, 6) is 0.380. The van der Waals surface area contributed by atoms with Crippen LogP contribution in [0.4, 0.5) is 19.0 Å². The molecule has 1 aliphatic rings. The molecule has 0 radical (unpaired) electrons. The largest absolute Gasteiger partial charge is 0.393 e. The predicted octanol–water partition coefficient (Wildman–Crippen LogP) is 2.56. The van der Waals surface area contributed by atoms with Crippen molar-refractivity contribution in [3.63, 3.8) is 0 Å². The molecule has 0 aliphatic carbocycles. The van der Waals surface area contributed by atoms with Crippen LogP contribution >= 0.6 is 11.3 Å². The number of benzene rings is 1. The molecule has 0 saturated carbocycles. The quantitative estimate of drug-likeness (QED) is 0.467. The zero-order valence-corrected chi connectivity index (χ0v) is 21.0. The lowest BCUT2D eigenvalue weighted by Gasteiger charge is -2.35. The number of piperazine rings is 1. The second-order valence-electron chi connectivity index (χ2n) is 8.66. The van der Waals surface area contributed by atoms with Gasteiger partial charge < -0.3 is 15.5 Å². The van der Waals surface area contributed by atoms with Crippen molar-refractivity contribution in [2.75, 3.05) is 43.4 Å². The molecule has 3 heterocycles. The number of fused-ring (bicyclic) bond motifs is 1. The third-order valence-corrected chi connectivity index (χ3v) is 8.53. The molecule has 8 nitrogen and oxygen atoms in total. The fraction of sp³-hybridized carbons (Fsp3) is 0.435. The van der Waals surface area contributed by atoms with Crippen molar-refractivity contribution in [1.82, 2.24) is 14.9 Å². The molecule has 1 aliphatic heterocycles. The fourth-order valence-corrected chi connectivity index (χ4v) is 6.37. The Balaban J connectivity index is 1.35. The lowest BCUT2D eigenvalue weighted by Crippen LogP contribution is -2.49. The number of nitrogens with two attached hydrogens (primary N) is 1. The third kappa shape index (κ3) is 6.71. The molecule has 36 heavy (non-hydrogen) atoms. The molecule has 1 fully saturated rings. The maximum atomic E-state index is 12.8. The smallest absolute Gasteiger partial charge is 0.352 e. The van der Waals surface area contributed by atoms with Gasteiger partial charge in [-0.05, 0) is 17.2 Å². The molecule has 13 heteroatoms. The van der Waals surface area contributed by atoms with E-state index in [9.17, 15) is 26.4 Å². The van der Waals surface area contributed by atoms with Crippen LogP contribution in [0.25, 0.3) is 10.2 Å². The molecule has 0 atom stereocenters. The molecule has 1 aromatic carbocycles. The van der Waals surface area contributed by atoms with Gasteiger partial charge >= 0.3 is 6.18 Å². The van der Waals surface area contributed by atoms with E-state index in [-0.39, 0.29) is 35.3 Å². The Hall–Kier alpha value is -2.77. The van der Waals surface area contributed by atoms with Crippen LogP contribution in [0.1, 0.15) is 16.0 Å². The number of nitrogens with zero attached hydrogens (tertiary/aromatic N) is 4. The number of rotatable bonds is 8. The Kier molecular flexibility index (Phi) is 7.81.